The molecule has 2 amide bonds. The van der Waals surface area contributed by atoms with E-state index in [0.29, 0.717) is 42.9 Å². The molecule has 2 aliphatic rings. The molecule has 0 N–H and O–H groups in total. The van der Waals surface area contributed by atoms with E-state index in [1.807, 2.05) is 25.7 Å². The Bertz CT molecular complexity index is 1060. The smallest absolute Gasteiger partial charge is 0.410 e. The quantitative estimate of drug-likeness (QED) is 0.596. The highest BCUT2D eigenvalue weighted by Gasteiger charge is 2.40. The Balaban J connectivity index is 1.42. The lowest BCUT2D eigenvalue weighted by Gasteiger charge is -2.39. The minimum atomic E-state index is -2.29. The zero-order valence-corrected chi connectivity index (χ0v) is 20.4. The zero-order valence-electron chi connectivity index (χ0n) is 19.6. The van der Waals surface area contributed by atoms with Crippen LogP contribution in [0.3, 0.4) is 0 Å². The molecule has 1 unspecified atom stereocenters. The van der Waals surface area contributed by atoms with E-state index in [0.717, 1.165) is 12.8 Å². The van der Waals surface area contributed by atoms with Crippen LogP contribution in [0, 0.1) is 0 Å². The molecule has 1 saturated heterocycles. The lowest BCUT2D eigenvalue weighted by Crippen LogP contribution is -2.50. The molecule has 1 aromatic carbocycles. The lowest BCUT2D eigenvalue weighted by atomic mass is 10.0. The van der Waals surface area contributed by atoms with E-state index in [1.54, 1.807) is 17.0 Å². The summed E-state index contributed by atoms with van der Waals surface area (Å²) in [5.74, 6) is 0.324. The second-order valence-electron chi connectivity index (χ2n) is 9.70. The molecule has 2 heterocycles. The number of carbonyl (C=O) groups is 2. The van der Waals surface area contributed by atoms with E-state index >= 15 is 0 Å². The second-order valence-corrected chi connectivity index (χ2v) is 10.6. The Morgan fingerprint density at radius 3 is 2.09 bits per heavy atom. The third-order valence-corrected chi connectivity index (χ3v) is 6.55. The molecule has 9 nitrogen and oxygen atoms in total. The van der Waals surface area contributed by atoms with Gasteiger partial charge in [-0.3, -0.25) is 9.00 Å². The summed E-state index contributed by atoms with van der Waals surface area (Å²) < 4.78 is 27.5. The van der Waals surface area contributed by atoms with Crippen molar-refractivity contribution in [3.05, 3.63) is 42.2 Å². The molecular formula is C24H29N4O5S-. The van der Waals surface area contributed by atoms with E-state index in [1.165, 1.54) is 24.5 Å². The summed E-state index contributed by atoms with van der Waals surface area (Å²) in [6.45, 7) is 6.65. The molecule has 182 valence electrons. The Hall–Kier alpha value is -2.85. The van der Waals surface area contributed by atoms with Gasteiger partial charge in [-0.2, -0.15) is 0 Å². The first-order chi connectivity index (χ1) is 16.1. The number of hydrogen-bond acceptors (Lipinski definition) is 7. The van der Waals surface area contributed by atoms with Gasteiger partial charge in [0.25, 0.3) is 5.91 Å². The largest absolute Gasteiger partial charge is 0.768 e. The number of benzene rings is 1. The van der Waals surface area contributed by atoms with Crippen molar-refractivity contribution in [2.24, 2.45) is 0 Å². The van der Waals surface area contributed by atoms with Gasteiger partial charge in [0.1, 0.15) is 5.60 Å². The van der Waals surface area contributed by atoms with Crippen LogP contribution in [0.1, 0.15) is 56.8 Å². The number of amides is 2. The summed E-state index contributed by atoms with van der Waals surface area (Å²) in [6.07, 6.45) is 6.09. The van der Waals surface area contributed by atoms with Crippen LogP contribution in [0.15, 0.2) is 41.6 Å². The van der Waals surface area contributed by atoms with Gasteiger partial charge in [-0.1, -0.05) is 12.1 Å². The lowest BCUT2D eigenvalue weighted by molar-refractivity contribution is 0.0142. The normalized spacial score (nSPS) is 17.8. The molecule has 0 radical (unpaired) electrons. The molecular weight excluding hydrogens is 456 g/mol. The van der Waals surface area contributed by atoms with Gasteiger partial charge < -0.3 is 19.1 Å². The van der Waals surface area contributed by atoms with Crippen molar-refractivity contribution < 1.29 is 23.1 Å². The molecule has 2 fully saturated rings. The Kier molecular flexibility index (Phi) is 6.99. The maximum absolute atomic E-state index is 13.4. The standard InChI is InChI=1S/C24H30N4O5S/c1-24(2,3)33-23(30)27-12-10-19(11-13-27)28(18-6-7-18)22(29)17-14-25-21(26-15-17)16-4-8-20(9-5-16)34(31)32/h4-5,8-9,14-15,18-19H,6-7,10-13H2,1-3H3,(H,31,32)/p-1. The maximum Gasteiger partial charge on any atom is 0.410 e. The van der Waals surface area contributed by atoms with Gasteiger partial charge >= 0.3 is 6.09 Å². The molecule has 2 aromatic rings. The van der Waals surface area contributed by atoms with Crippen molar-refractivity contribution in [2.45, 2.75) is 69.0 Å². The van der Waals surface area contributed by atoms with Crippen molar-refractivity contribution in [3.8, 4) is 11.4 Å². The molecule has 1 atom stereocenters. The maximum atomic E-state index is 13.4. The monoisotopic (exact) mass is 485 g/mol. The summed E-state index contributed by atoms with van der Waals surface area (Å²) in [5, 5.41) is 0. The van der Waals surface area contributed by atoms with E-state index in [-0.39, 0.29) is 29.0 Å². The fraction of sp³-hybridized carbons (Fsp3) is 0.500. The average molecular weight is 486 g/mol. The van der Waals surface area contributed by atoms with Crippen molar-refractivity contribution in [1.29, 1.82) is 0 Å². The van der Waals surface area contributed by atoms with Crippen molar-refractivity contribution >= 4 is 23.1 Å². The number of piperidine rings is 1. The van der Waals surface area contributed by atoms with Crippen molar-refractivity contribution in [1.82, 2.24) is 19.8 Å². The molecule has 1 aromatic heterocycles. The fourth-order valence-corrected chi connectivity index (χ4v) is 4.45. The van der Waals surface area contributed by atoms with E-state index in [2.05, 4.69) is 9.97 Å². The summed E-state index contributed by atoms with van der Waals surface area (Å²) in [7, 11) is 0. The summed E-state index contributed by atoms with van der Waals surface area (Å²) >= 11 is -2.29. The predicted octanol–water partition coefficient (Wildman–Crippen LogP) is 3.39. The predicted molar refractivity (Wildman–Crippen MR) is 125 cm³/mol. The number of ether oxygens (including phenoxy) is 1. The summed E-state index contributed by atoms with van der Waals surface area (Å²) in [4.78, 5) is 38.3. The third-order valence-electron chi connectivity index (χ3n) is 5.89. The first-order valence-corrected chi connectivity index (χ1v) is 12.5. The van der Waals surface area contributed by atoms with Gasteiger partial charge in [-0.15, -0.1) is 0 Å². The number of carbonyl (C=O) groups excluding carboxylic acids is 2. The van der Waals surface area contributed by atoms with E-state index < -0.39 is 16.7 Å². The fourth-order valence-electron chi connectivity index (χ4n) is 4.09. The summed E-state index contributed by atoms with van der Waals surface area (Å²) in [5.41, 5.74) is 0.553. The third kappa shape index (κ3) is 5.79. The average Bonchev–Trinajstić information content (AvgIpc) is 3.64. The molecule has 10 heteroatoms. The minimum Gasteiger partial charge on any atom is -0.768 e. The van der Waals surface area contributed by atoms with E-state index in [9.17, 15) is 18.4 Å². The Labute approximate surface area is 201 Å². The zero-order chi connectivity index (χ0) is 24.5. The van der Waals surface area contributed by atoms with Crippen LogP contribution in [0.4, 0.5) is 4.79 Å². The highest BCUT2D eigenvalue weighted by molar-refractivity contribution is 7.79. The molecule has 0 bridgehead atoms. The highest BCUT2D eigenvalue weighted by atomic mass is 32.2. The van der Waals surface area contributed by atoms with Crippen LogP contribution in [-0.4, -0.2) is 71.3 Å². The van der Waals surface area contributed by atoms with Crippen LogP contribution in [0.5, 0.6) is 0 Å². The number of aromatic nitrogens is 2. The number of rotatable bonds is 5. The second kappa shape index (κ2) is 9.79. The first-order valence-electron chi connectivity index (χ1n) is 11.4. The van der Waals surface area contributed by atoms with Gasteiger partial charge in [-0.05, 0) is 69.7 Å². The van der Waals surface area contributed by atoms with Crippen molar-refractivity contribution in [3.63, 3.8) is 0 Å². The van der Waals surface area contributed by atoms with Crippen LogP contribution in [-0.2, 0) is 15.8 Å². The van der Waals surface area contributed by atoms with Gasteiger partial charge in [-0.25, -0.2) is 14.8 Å². The number of hydrogen-bond donors (Lipinski definition) is 0. The SMILES string of the molecule is CC(C)(C)OC(=O)N1CCC(N(C(=O)c2cnc(-c3ccc(S(=O)[O-])cc3)nc2)C2CC2)CC1. The van der Waals surface area contributed by atoms with Gasteiger partial charge in [0.15, 0.2) is 5.82 Å². The van der Waals surface area contributed by atoms with Crippen LogP contribution >= 0.6 is 0 Å². The highest BCUT2D eigenvalue weighted by Crippen LogP contribution is 2.33. The van der Waals surface area contributed by atoms with Crippen molar-refractivity contribution in [2.75, 3.05) is 13.1 Å². The number of likely N-dealkylation sites (tertiary alicyclic amines) is 1. The molecule has 0 spiro atoms. The number of nitrogens with zero attached hydrogens (tertiary/aromatic N) is 4. The topological polar surface area (TPSA) is 116 Å². The first kappa shape index (κ1) is 24.3. The van der Waals surface area contributed by atoms with Crippen LogP contribution in [0.25, 0.3) is 11.4 Å². The molecule has 1 saturated carbocycles. The van der Waals surface area contributed by atoms with Crippen LogP contribution < -0.4 is 0 Å². The Morgan fingerprint density at radius 1 is 1.03 bits per heavy atom. The Morgan fingerprint density at radius 2 is 1.59 bits per heavy atom. The van der Waals surface area contributed by atoms with Gasteiger partial charge in [0, 0.05) is 48.0 Å². The van der Waals surface area contributed by atoms with E-state index in [4.69, 9.17) is 4.74 Å². The van der Waals surface area contributed by atoms with Crippen LogP contribution in [0.2, 0.25) is 0 Å². The van der Waals surface area contributed by atoms with Gasteiger partial charge in [0.05, 0.1) is 5.56 Å². The molecule has 1 aliphatic heterocycles. The molecule has 1 aliphatic carbocycles. The molecule has 34 heavy (non-hydrogen) atoms. The minimum absolute atomic E-state index is 0.0545. The summed E-state index contributed by atoms with van der Waals surface area (Å²) in [6, 6.07) is 6.51. The van der Waals surface area contributed by atoms with Gasteiger partial charge in [0.2, 0.25) is 0 Å². The molecule has 4 rings (SSSR count).